The number of amides is 2. The zero-order valence-corrected chi connectivity index (χ0v) is 7.56. The molecule has 1 aromatic rings. The van der Waals surface area contributed by atoms with Gasteiger partial charge in [-0.1, -0.05) is 6.07 Å². The van der Waals surface area contributed by atoms with Crippen molar-refractivity contribution in [2.24, 2.45) is 5.73 Å². The fraction of sp³-hybridized carbons (Fsp3) is 0.222. The van der Waals surface area contributed by atoms with Crippen molar-refractivity contribution in [3.05, 3.63) is 30.1 Å². The number of nitrogens with zero attached hydrogens (tertiary/aromatic N) is 1. The molecule has 0 aliphatic heterocycles. The van der Waals surface area contributed by atoms with Gasteiger partial charge in [-0.2, -0.15) is 0 Å². The van der Waals surface area contributed by atoms with Crippen molar-refractivity contribution in [1.29, 1.82) is 0 Å². The molecule has 1 aromatic heterocycles. The highest BCUT2D eigenvalue weighted by atomic mass is 16.2. The third kappa shape index (κ3) is 3.66. The van der Waals surface area contributed by atoms with Gasteiger partial charge in [0.15, 0.2) is 0 Å². The maximum absolute atomic E-state index is 11.2. The van der Waals surface area contributed by atoms with E-state index in [1.807, 2.05) is 0 Å². The third-order valence-electron chi connectivity index (χ3n) is 1.55. The quantitative estimate of drug-likeness (QED) is 0.658. The minimum absolute atomic E-state index is 0.126. The highest BCUT2D eigenvalue weighted by Gasteiger charge is 2.03. The van der Waals surface area contributed by atoms with Crippen LogP contribution in [0.5, 0.6) is 0 Å². The highest BCUT2D eigenvalue weighted by Crippen LogP contribution is 1.95. The Labute approximate surface area is 81.3 Å². The van der Waals surface area contributed by atoms with Crippen LogP contribution < -0.4 is 11.1 Å². The molecule has 0 fully saturated rings. The lowest BCUT2D eigenvalue weighted by Gasteiger charge is -2.01. The summed E-state index contributed by atoms with van der Waals surface area (Å²) in [6.07, 6.45) is 3.44. The van der Waals surface area contributed by atoms with E-state index in [1.165, 1.54) is 0 Å². The van der Waals surface area contributed by atoms with E-state index in [2.05, 4.69) is 10.3 Å². The number of carbonyl (C=O) groups is 2. The molecule has 5 nitrogen and oxygen atoms in total. The fourth-order valence-corrected chi connectivity index (χ4v) is 0.936. The Balaban J connectivity index is 2.38. The molecule has 5 heteroatoms. The first kappa shape index (κ1) is 10.2. The smallest absolute Gasteiger partial charge is 0.236 e. The molecule has 74 valence electrons. The summed E-state index contributed by atoms with van der Waals surface area (Å²) in [6.45, 7) is -0.126. The lowest BCUT2D eigenvalue weighted by molar-refractivity contribution is -0.124. The molecular formula is C9H11N3O2. The number of aromatic nitrogens is 1. The molecule has 0 atom stereocenters. The number of hydrogen-bond acceptors (Lipinski definition) is 3. The predicted octanol–water partition coefficient (Wildman–Crippen LogP) is -0.774. The monoisotopic (exact) mass is 193 g/mol. The highest BCUT2D eigenvalue weighted by molar-refractivity contribution is 5.84. The van der Waals surface area contributed by atoms with E-state index in [0.717, 1.165) is 5.56 Å². The Hall–Kier alpha value is -1.91. The second kappa shape index (κ2) is 4.96. The van der Waals surface area contributed by atoms with E-state index >= 15 is 0 Å². The maximum Gasteiger partial charge on any atom is 0.236 e. The molecule has 0 bridgehead atoms. The lowest BCUT2D eigenvalue weighted by atomic mass is 10.2. The van der Waals surface area contributed by atoms with Crippen LogP contribution in [0.4, 0.5) is 0 Å². The van der Waals surface area contributed by atoms with Gasteiger partial charge in [0.05, 0.1) is 13.0 Å². The summed E-state index contributed by atoms with van der Waals surface area (Å²) in [6, 6.07) is 3.54. The number of pyridine rings is 1. The zero-order valence-electron chi connectivity index (χ0n) is 7.56. The van der Waals surface area contributed by atoms with Crippen molar-refractivity contribution in [2.45, 2.75) is 6.42 Å². The normalized spacial score (nSPS) is 9.43. The van der Waals surface area contributed by atoms with Crippen molar-refractivity contribution in [1.82, 2.24) is 10.3 Å². The number of hydrogen-bond donors (Lipinski definition) is 2. The van der Waals surface area contributed by atoms with Gasteiger partial charge in [-0.25, -0.2) is 0 Å². The van der Waals surface area contributed by atoms with E-state index in [9.17, 15) is 9.59 Å². The standard InChI is InChI=1S/C9H11N3O2/c10-8(13)6-12-9(14)4-7-2-1-3-11-5-7/h1-3,5H,4,6H2,(H2,10,13)(H,12,14). The first-order valence-corrected chi connectivity index (χ1v) is 4.12. The van der Waals surface area contributed by atoms with Crippen LogP contribution in [0.15, 0.2) is 24.5 Å². The molecule has 2 amide bonds. The Morgan fingerprint density at radius 2 is 2.29 bits per heavy atom. The summed E-state index contributed by atoms with van der Waals surface area (Å²) in [5.41, 5.74) is 5.67. The van der Waals surface area contributed by atoms with Gasteiger partial charge in [-0.05, 0) is 11.6 Å². The molecule has 0 aliphatic carbocycles. The summed E-state index contributed by atoms with van der Waals surface area (Å²) < 4.78 is 0. The molecule has 0 spiro atoms. The second-order valence-corrected chi connectivity index (χ2v) is 2.78. The van der Waals surface area contributed by atoms with Gasteiger partial charge in [-0.3, -0.25) is 14.6 Å². The molecule has 0 saturated carbocycles. The first-order chi connectivity index (χ1) is 6.68. The van der Waals surface area contributed by atoms with E-state index in [-0.39, 0.29) is 18.9 Å². The largest absolute Gasteiger partial charge is 0.368 e. The van der Waals surface area contributed by atoms with Gasteiger partial charge in [-0.15, -0.1) is 0 Å². The van der Waals surface area contributed by atoms with Gasteiger partial charge in [0.25, 0.3) is 0 Å². The van der Waals surface area contributed by atoms with Crippen LogP contribution in [0, 0.1) is 0 Å². The zero-order chi connectivity index (χ0) is 10.4. The molecule has 0 radical (unpaired) electrons. The van der Waals surface area contributed by atoms with Gasteiger partial charge < -0.3 is 11.1 Å². The molecule has 3 N–H and O–H groups in total. The Morgan fingerprint density at radius 1 is 1.50 bits per heavy atom. The van der Waals surface area contributed by atoms with Crippen molar-refractivity contribution < 1.29 is 9.59 Å². The van der Waals surface area contributed by atoms with Crippen LogP contribution in [0.3, 0.4) is 0 Å². The van der Waals surface area contributed by atoms with Crippen LogP contribution in [0.25, 0.3) is 0 Å². The Kier molecular flexibility index (Phi) is 3.60. The van der Waals surface area contributed by atoms with Crippen molar-refractivity contribution in [3.63, 3.8) is 0 Å². The number of nitrogens with one attached hydrogen (secondary N) is 1. The average molecular weight is 193 g/mol. The van der Waals surface area contributed by atoms with Crippen LogP contribution in [0.2, 0.25) is 0 Å². The predicted molar refractivity (Wildman–Crippen MR) is 50.1 cm³/mol. The molecule has 0 saturated heterocycles. The van der Waals surface area contributed by atoms with Crippen LogP contribution in [0.1, 0.15) is 5.56 Å². The number of carbonyl (C=O) groups excluding carboxylic acids is 2. The van der Waals surface area contributed by atoms with Crippen LogP contribution >= 0.6 is 0 Å². The van der Waals surface area contributed by atoms with Gasteiger partial charge in [0.2, 0.25) is 11.8 Å². The summed E-state index contributed by atoms with van der Waals surface area (Å²) in [4.78, 5) is 25.4. The molecule has 14 heavy (non-hydrogen) atoms. The van der Waals surface area contributed by atoms with E-state index in [0.29, 0.717) is 0 Å². The molecule has 0 aliphatic rings. The summed E-state index contributed by atoms with van der Waals surface area (Å²) in [7, 11) is 0. The molecule has 1 heterocycles. The second-order valence-electron chi connectivity index (χ2n) is 2.78. The number of nitrogens with two attached hydrogens (primary N) is 1. The van der Waals surface area contributed by atoms with Crippen molar-refractivity contribution >= 4 is 11.8 Å². The Morgan fingerprint density at radius 3 is 2.86 bits per heavy atom. The molecule has 0 unspecified atom stereocenters. The minimum atomic E-state index is -0.551. The lowest BCUT2D eigenvalue weighted by Crippen LogP contribution is -2.34. The van der Waals surface area contributed by atoms with Gasteiger partial charge in [0.1, 0.15) is 0 Å². The SMILES string of the molecule is NC(=O)CNC(=O)Cc1cccnc1. The molecule has 0 aromatic carbocycles. The summed E-state index contributed by atoms with van der Waals surface area (Å²) in [5, 5.41) is 2.39. The van der Waals surface area contributed by atoms with Crippen molar-refractivity contribution in [3.8, 4) is 0 Å². The summed E-state index contributed by atoms with van der Waals surface area (Å²) in [5.74, 6) is -0.790. The van der Waals surface area contributed by atoms with Crippen LogP contribution in [-0.4, -0.2) is 23.3 Å². The average Bonchev–Trinajstić information content (AvgIpc) is 2.16. The van der Waals surface area contributed by atoms with Gasteiger partial charge in [0, 0.05) is 12.4 Å². The van der Waals surface area contributed by atoms with Crippen LogP contribution in [-0.2, 0) is 16.0 Å². The summed E-state index contributed by atoms with van der Waals surface area (Å²) >= 11 is 0. The minimum Gasteiger partial charge on any atom is -0.368 e. The van der Waals surface area contributed by atoms with Crippen molar-refractivity contribution in [2.75, 3.05) is 6.54 Å². The van der Waals surface area contributed by atoms with E-state index < -0.39 is 5.91 Å². The van der Waals surface area contributed by atoms with E-state index in [4.69, 9.17) is 5.73 Å². The Bertz CT molecular complexity index is 324. The first-order valence-electron chi connectivity index (χ1n) is 4.12. The fourth-order valence-electron chi connectivity index (χ4n) is 0.936. The van der Waals surface area contributed by atoms with E-state index in [1.54, 1.807) is 24.5 Å². The molecule has 1 rings (SSSR count). The molecular weight excluding hydrogens is 182 g/mol. The maximum atomic E-state index is 11.2. The topological polar surface area (TPSA) is 85.1 Å². The number of primary amides is 1. The third-order valence-corrected chi connectivity index (χ3v) is 1.55. The van der Waals surface area contributed by atoms with Gasteiger partial charge >= 0.3 is 0 Å². The number of rotatable bonds is 4.